The van der Waals surface area contributed by atoms with Gasteiger partial charge in [0.25, 0.3) is 0 Å². The van der Waals surface area contributed by atoms with Crippen molar-refractivity contribution in [3.63, 3.8) is 0 Å². The van der Waals surface area contributed by atoms with Gasteiger partial charge in [-0.3, -0.25) is 0 Å². The number of carbonyl (C=O) groups excluding carboxylic acids is 1. The molecule has 1 saturated heterocycles. The molecule has 16 heavy (non-hydrogen) atoms. The summed E-state index contributed by atoms with van der Waals surface area (Å²) in [7, 11) is 1.65. The van der Waals surface area contributed by atoms with Crippen molar-refractivity contribution in [2.45, 2.75) is 44.9 Å². The summed E-state index contributed by atoms with van der Waals surface area (Å²) >= 11 is 0. The predicted octanol–water partition coefficient (Wildman–Crippen LogP) is 0.888. The molecule has 5 nitrogen and oxygen atoms in total. The molecule has 5 heteroatoms. The maximum Gasteiger partial charge on any atom is 0.407 e. The van der Waals surface area contributed by atoms with E-state index >= 15 is 0 Å². The first kappa shape index (κ1) is 13.3. The van der Waals surface area contributed by atoms with E-state index in [1.54, 1.807) is 7.11 Å². The number of piperidine rings is 1. The number of amides is 1. The molecule has 1 amide bonds. The van der Waals surface area contributed by atoms with Gasteiger partial charge in [-0.05, 0) is 33.7 Å². The second-order valence-corrected chi connectivity index (χ2v) is 5.02. The van der Waals surface area contributed by atoms with Crippen LogP contribution in [0.5, 0.6) is 0 Å². The molecule has 94 valence electrons. The first-order valence-corrected chi connectivity index (χ1v) is 5.65. The molecule has 0 bridgehead atoms. The molecular weight excluding hydrogens is 208 g/mol. The summed E-state index contributed by atoms with van der Waals surface area (Å²) < 4.78 is 10.5. The van der Waals surface area contributed by atoms with E-state index < -0.39 is 5.60 Å². The number of carbonyl (C=O) groups is 1. The Kier molecular flexibility index (Phi) is 4.56. The zero-order chi connectivity index (χ0) is 12.2. The topological polar surface area (TPSA) is 59.6 Å². The summed E-state index contributed by atoms with van der Waals surface area (Å²) in [6.07, 6.45) is 0.500. The molecule has 1 fully saturated rings. The highest BCUT2D eigenvalue weighted by Crippen LogP contribution is 2.10. The van der Waals surface area contributed by atoms with Gasteiger partial charge in [0.05, 0.1) is 12.1 Å². The van der Waals surface area contributed by atoms with Crippen LogP contribution in [0.25, 0.3) is 0 Å². The molecule has 0 aliphatic carbocycles. The van der Waals surface area contributed by atoms with Crippen molar-refractivity contribution in [2.24, 2.45) is 0 Å². The second kappa shape index (κ2) is 5.50. The van der Waals surface area contributed by atoms with Crippen molar-refractivity contribution < 1.29 is 14.3 Å². The van der Waals surface area contributed by atoms with Gasteiger partial charge in [0.2, 0.25) is 0 Å². The van der Waals surface area contributed by atoms with E-state index in [-0.39, 0.29) is 18.2 Å². The van der Waals surface area contributed by atoms with E-state index in [1.807, 2.05) is 20.8 Å². The van der Waals surface area contributed by atoms with Crippen LogP contribution in [-0.4, -0.2) is 44.0 Å². The third-order valence-electron chi connectivity index (χ3n) is 2.43. The van der Waals surface area contributed by atoms with E-state index in [9.17, 15) is 4.79 Å². The lowest BCUT2D eigenvalue weighted by Gasteiger charge is -2.32. The highest BCUT2D eigenvalue weighted by atomic mass is 16.6. The Labute approximate surface area is 96.9 Å². The minimum atomic E-state index is -0.459. The van der Waals surface area contributed by atoms with E-state index in [0.717, 1.165) is 19.5 Å². The third kappa shape index (κ3) is 4.37. The number of nitrogens with one attached hydrogen (secondary N) is 2. The lowest BCUT2D eigenvalue weighted by molar-refractivity contribution is 0.0263. The number of methoxy groups -OCH3 is 1. The maximum atomic E-state index is 11.6. The lowest BCUT2D eigenvalue weighted by atomic mass is 10.0. The lowest BCUT2D eigenvalue weighted by Crippen LogP contribution is -2.54. The molecule has 0 spiro atoms. The summed E-state index contributed by atoms with van der Waals surface area (Å²) in [6, 6.07) is 0.0288. The Balaban J connectivity index is 2.42. The quantitative estimate of drug-likeness (QED) is 0.739. The van der Waals surface area contributed by atoms with Crippen LogP contribution >= 0.6 is 0 Å². The fourth-order valence-electron chi connectivity index (χ4n) is 1.70. The van der Waals surface area contributed by atoms with Gasteiger partial charge in [-0.25, -0.2) is 4.79 Å². The van der Waals surface area contributed by atoms with Crippen LogP contribution in [0.3, 0.4) is 0 Å². The fourth-order valence-corrected chi connectivity index (χ4v) is 1.70. The van der Waals surface area contributed by atoms with Crippen LogP contribution in [-0.2, 0) is 9.47 Å². The van der Waals surface area contributed by atoms with Crippen LogP contribution in [0.15, 0.2) is 0 Å². The average molecular weight is 230 g/mol. The Hall–Kier alpha value is -0.810. The monoisotopic (exact) mass is 230 g/mol. The largest absolute Gasteiger partial charge is 0.444 e. The summed E-state index contributed by atoms with van der Waals surface area (Å²) in [5.74, 6) is 0. The molecule has 1 aliphatic rings. The van der Waals surface area contributed by atoms with E-state index in [2.05, 4.69) is 10.6 Å². The van der Waals surface area contributed by atoms with Gasteiger partial charge in [-0.1, -0.05) is 0 Å². The molecule has 1 aliphatic heterocycles. The SMILES string of the molecule is CO[C@H]1CNCCC1NC(=O)OC(C)(C)C. The molecule has 1 heterocycles. The van der Waals surface area contributed by atoms with Crippen molar-refractivity contribution in [1.29, 1.82) is 0 Å². The number of ether oxygens (including phenoxy) is 2. The van der Waals surface area contributed by atoms with Crippen molar-refractivity contribution in [2.75, 3.05) is 20.2 Å². The summed E-state index contributed by atoms with van der Waals surface area (Å²) in [5.41, 5.74) is -0.459. The minimum Gasteiger partial charge on any atom is -0.444 e. The normalized spacial score (nSPS) is 26.2. The second-order valence-electron chi connectivity index (χ2n) is 5.02. The van der Waals surface area contributed by atoms with E-state index in [1.165, 1.54) is 0 Å². The van der Waals surface area contributed by atoms with Crippen LogP contribution in [0, 0.1) is 0 Å². The van der Waals surface area contributed by atoms with Gasteiger partial charge in [-0.15, -0.1) is 0 Å². The van der Waals surface area contributed by atoms with Crippen molar-refractivity contribution >= 4 is 6.09 Å². The molecule has 0 aromatic heterocycles. The van der Waals surface area contributed by atoms with Gasteiger partial charge < -0.3 is 20.1 Å². The highest BCUT2D eigenvalue weighted by Gasteiger charge is 2.27. The Morgan fingerprint density at radius 2 is 2.12 bits per heavy atom. The Morgan fingerprint density at radius 3 is 2.69 bits per heavy atom. The maximum absolute atomic E-state index is 11.6. The van der Waals surface area contributed by atoms with Crippen molar-refractivity contribution in [3.05, 3.63) is 0 Å². The first-order valence-electron chi connectivity index (χ1n) is 5.65. The Morgan fingerprint density at radius 1 is 1.44 bits per heavy atom. The minimum absolute atomic E-state index is 0.0151. The van der Waals surface area contributed by atoms with E-state index in [0.29, 0.717) is 0 Å². The number of hydrogen-bond acceptors (Lipinski definition) is 4. The van der Waals surface area contributed by atoms with Crippen LogP contribution in [0.4, 0.5) is 4.79 Å². The summed E-state index contributed by atoms with van der Waals surface area (Å²) in [5, 5.41) is 6.07. The van der Waals surface area contributed by atoms with Gasteiger partial charge in [-0.2, -0.15) is 0 Å². The molecule has 2 atom stereocenters. The molecule has 0 aromatic carbocycles. The van der Waals surface area contributed by atoms with Crippen LogP contribution in [0.2, 0.25) is 0 Å². The zero-order valence-electron chi connectivity index (χ0n) is 10.5. The average Bonchev–Trinajstić information content (AvgIpc) is 2.15. The van der Waals surface area contributed by atoms with Gasteiger partial charge in [0.1, 0.15) is 5.60 Å². The fraction of sp³-hybridized carbons (Fsp3) is 0.909. The zero-order valence-corrected chi connectivity index (χ0v) is 10.5. The molecule has 0 aromatic rings. The highest BCUT2D eigenvalue weighted by molar-refractivity contribution is 5.68. The van der Waals surface area contributed by atoms with Crippen LogP contribution < -0.4 is 10.6 Å². The standard InChI is InChI=1S/C11H22N2O3/c1-11(2,3)16-10(14)13-8-5-6-12-7-9(8)15-4/h8-9,12H,5-7H2,1-4H3,(H,13,14)/t8?,9-/m0/s1. The predicted molar refractivity (Wildman–Crippen MR) is 61.4 cm³/mol. The Bertz CT molecular complexity index is 238. The number of hydrogen-bond donors (Lipinski definition) is 2. The van der Waals surface area contributed by atoms with Crippen molar-refractivity contribution in [3.8, 4) is 0 Å². The molecule has 1 rings (SSSR count). The third-order valence-corrected chi connectivity index (χ3v) is 2.43. The van der Waals surface area contributed by atoms with Gasteiger partial charge in [0, 0.05) is 13.7 Å². The number of alkyl carbamates (subject to hydrolysis) is 1. The van der Waals surface area contributed by atoms with Gasteiger partial charge >= 0.3 is 6.09 Å². The molecule has 2 N–H and O–H groups in total. The molecular formula is C11H22N2O3. The smallest absolute Gasteiger partial charge is 0.407 e. The molecule has 0 radical (unpaired) electrons. The molecule has 0 saturated carbocycles. The first-order chi connectivity index (χ1) is 7.42. The van der Waals surface area contributed by atoms with Gasteiger partial charge in [0.15, 0.2) is 0 Å². The van der Waals surface area contributed by atoms with Crippen LogP contribution in [0.1, 0.15) is 27.2 Å². The summed E-state index contributed by atoms with van der Waals surface area (Å²) in [4.78, 5) is 11.6. The van der Waals surface area contributed by atoms with E-state index in [4.69, 9.17) is 9.47 Å². The van der Waals surface area contributed by atoms with Crippen molar-refractivity contribution in [1.82, 2.24) is 10.6 Å². The molecule has 1 unspecified atom stereocenters. The number of rotatable bonds is 2. The summed E-state index contributed by atoms with van der Waals surface area (Å²) in [6.45, 7) is 7.20.